The summed E-state index contributed by atoms with van der Waals surface area (Å²) < 4.78 is 7.98. The number of ether oxygens (including phenoxy) is 1. The molecule has 3 heterocycles. The van der Waals surface area contributed by atoms with Crippen LogP contribution in [0, 0.1) is 5.92 Å². The molecule has 7 nitrogen and oxygen atoms in total. The van der Waals surface area contributed by atoms with Gasteiger partial charge in [0, 0.05) is 46.9 Å². The van der Waals surface area contributed by atoms with E-state index in [9.17, 15) is 4.79 Å². The van der Waals surface area contributed by atoms with E-state index in [2.05, 4.69) is 39.9 Å². The average molecular weight is 364 g/mol. The Kier molecular flexibility index (Phi) is 5.87. The molecular weight excluding hydrogens is 330 g/mol. The van der Waals surface area contributed by atoms with Gasteiger partial charge < -0.3 is 15.0 Å². The summed E-state index contributed by atoms with van der Waals surface area (Å²) in [4.78, 5) is 15.8. The largest absolute Gasteiger partial charge is 0.376 e. The van der Waals surface area contributed by atoms with Crippen molar-refractivity contribution in [2.24, 2.45) is 5.92 Å². The molecule has 1 aromatic heterocycles. The number of carbonyl (C=O) groups is 1. The van der Waals surface area contributed by atoms with Crippen molar-refractivity contribution in [3.63, 3.8) is 0 Å². The monoisotopic (exact) mass is 363 g/mol. The van der Waals surface area contributed by atoms with Crippen LogP contribution in [0.4, 0.5) is 4.79 Å². The summed E-state index contributed by atoms with van der Waals surface area (Å²) in [5.41, 5.74) is 2.20. The lowest BCUT2D eigenvalue weighted by Crippen LogP contribution is -2.39. The fourth-order valence-electron chi connectivity index (χ4n) is 4.03. The fraction of sp³-hybridized carbons (Fsp3) is 0.789. The fourth-order valence-corrected chi connectivity index (χ4v) is 4.03. The molecule has 1 aromatic rings. The highest BCUT2D eigenvalue weighted by atomic mass is 16.5. The van der Waals surface area contributed by atoms with Crippen LogP contribution in [0.1, 0.15) is 44.5 Å². The van der Waals surface area contributed by atoms with Crippen molar-refractivity contribution in [1.82, 2.24) is 24.9 Å². The van der Waals surface area contributed by atoms with E-state index in [4.69, 9.17) is 4.74 Å². The van der Waals surface area contributed by atoms with Gasteiger partial charge in [0.25, 0.3) is 0 Å². The summed E-state index contributed by atoms with van der Waals surface area (Å²) in [6, 6.07) is 2.05. The molecule has 26 heavy (non-hydrogen) atoms. The van der Waals surface area contributed by atoms with Crippen LogP contribution in [0.5, 0.6) is 0 Å². The van der Waals surface area contributed by atoms with Gasteiger partial charge in [-0.1, -0.05) is 0 Å². The number of aryl methyl sites for hydroxylation is 1. The van der Waals surface area contributed by atoms with E-state index in [-0.39, 0.29) is 11.6 Å². The van der Waals surface area contributed by atoms with Gasteiger partial charge in [-0.15, -0.1) is 0 Å². The number of carbonyl (C=O) groups excluding carboxylic acids is 1. The van der Waals surface area contributed by atoms with Crippen molar-refractivity contribution >= 4 is 6.03 Å². The first-order valence-electron chi connectivity index (χ1n) is 9.69. The molecule has 0 bridgehead atoms. The molecular formula is C19H33N5O2. The normalized spacial score (nSPS) is 23.2. The Morgan fingerprint density at radius 3 is 2.96 bits per heavy atom. The van der Waals surface area contributed by atoms with Crippen LogP contribution >= 0.6 is 0 Å². The average Bonchev–Trinajstić information content (AvgIpc) is 2.84. The van der Waals surface area contributed by atoms with Gasteiger partial charge in [-0.2, -0.15) is 5.10 Å². The summed E-state index contributed by atoms with van der Waals surface area (Å²) in [5, 5.41) is 7.58. The number of hydrogen-bond donors (Lipinski definition) is 1. The highest BCUT2D eigenvalue weighted by Crippen LogP contribution is 2.29. The van der Waals surface area contributed by atoms with Crippen LogP contribution in [-0.4, -0.2) is 65.0 Å². The van der Waals surface area contributed by atoms with Crippen molar-refractivity contribution < 1.29 is 9.53 Å². The number of fused-ring (bicyclic) bond motifs is 1. The first-order valence-corrected chi connectivity index (χ1v) is 9.69. The molecule has 146 valence electrons. The minimum Gasteiger partial charge on any atom is -0.376 e. The zero-order valence-electron chi connectivity index (χ0n) is 16.6. The van der Waals surface area contributed by atoms with Crippen LogP contribution in [0.15, 0.2) is 6.07 Å². The van der Waals surface area contributed by atoms with Gasteiger partial charge in [0.1, 0.15) is 0 Å². The molecule has 1 N–H and O–H groups in total. The molecule has 0 aromatic carbocycles. The van der Waals surface area contributed by atoms with Crippen molar-refractivity contribution in [2.75, 3.05) is 33.8 Å². The number of nitrogens with zero attached hydrogens (tertiary/aromatic N) is 4. The Balaban J connectivity index is 1.58. The SMILES string of the molecule is CN(C)C(=O)NCc1cc2n(n1)CCCN(C[C@H]1CCOC(C)(C)C1)C2. The molecule has 2 aliphatic heterocycles. The molecule has 7 heteroatoms. The Bertz CT molecular complexity index is 625. The predicted molar refractivity (Wildman–Crippen MR) is 101 cm³/mol. The van der Waals surface area contributed by atoms with Gasteiger partial charge in [-0.05, 0) is 45.1 Å². The minimum absolute atomic E-state index is 0.00829. The Labute approximate surface area is 156 Å². The van der Waals surface area contributed by atoms with Gasteiger partial charge in [-0.3, -0.25) is 9.58 Å². The van der Waals surface area contributed by atoms with E-state index >= 15 is 0 Å². The van der Waals surface area contributed by atoms with Crippen LogP contribution in [0.2, 0.25) is 0 Å². The van der Waals surface area contributed by atoms with Crippen LogP contribution in [0.25, 0.3) is 0 Å². The van der Waals surface area contributed by atoms with E-state index in [1.807, 2.05) is 0 Å². The molecule has 1 atom stereocenters. The number of urea groups is 1. The third-order valence-corrected chi connectivity index (χ3v) is 5.29. The molecule has 1 saturated heterocycles. The van der Waals surface area contributed by atoms with Crippen molar-refractivity contribution in [2.45, 2.75) is 58.3 Å². The first-order chi connectivity index (χ1) is 12.3. The number of nitrogens with one attached hydrogen (secondary N) is 1. The van der Waals surface area contributed by atoms with E-state index in [0.29, 0.717) is 12.5 Å². The number of rotatable bonds is 4. The lowest BCUT2D eigenvalue weighted by Gasteiger charge is -2.37. The Morgan fingerprint density at radius 1 is 1.42 bits per heavy atom. The number of aromatic nitrogens is 2. The minimum atomic E-state index is -0.0862. The maximum atomic E-state index is 11.7. The molecule has 0 radical (unpaired) electrons. The standard InChI is InChI=1S/C19H33N5O2/c1-19(2)11-15(6-9-26-19)13-23-7-5-8-24-17(14-23)10-16(21-24)12-20-18(25)22(3)4/h10,15H,5-9,11-14H2,1-4H3,(H,20,25)/t15-/m0/s1. The van der Waals surface area contributed by atoms with E-state index in [1.165, 1.54) is 10.6 Å². The first kappa shape index (κ1) is 19.2. The summed E-state index contributed by atoms with van der Waals surface area (Å²) >= 11 is 0. The zero-order chi connectivity index (χ0) is 18.7. The molecule has 2 amide bonds. The molecule has 2 aliphatic rings. The van der Waals surface area contributed by atoms with Gasteiger partial charge in [0.05, 0.1) is 23.5 Å². The van der Waals surface area contributed by atoms with Crippen LogP contribution in [0.3, 0.4) is 0 Å². The lowest BCUT2D eigenvalue weighted by atomic mass is 9.88. The molecule has 0 spiro atoms. The zero-order valence-corrected chi connectivity index (χ0v) is 16.6. The molecule has 3 rings (SSSR count). The van der Waals surface area contributed by atoms with Crippen LogP contribution in [-0.2, 0) is 24.4 Å². The number of amides is 2. The van der Waals surface area contributed by atoms with Gasteiger partial charge >= 0.3 is 6.03 Å². The predicted octanol–water partition coefficient (Wildman–Crippen LogP) is 2.07. The second-order valence-corrected chi connectivity index (χ2v) is 8.46. The molecule has 1 fully saturated rings. The Hall–Kier alpha value is -1.60. The lowest BCUT2D eigenvalue weighted by molar-refractivity contribution is -0.0770. The highest BCUT2D eigenvalue weighted by Gasteiger charge is 2.30. The molecule has 0 saturated carbocycles. The van der Waals surface area contributed by atoms with E-state index < -0.39 is 0 Å². The third kappa shape index (κ3) is 4.98. The van der Waals surface area contributed by atoms with Gasteiger partial charge in [-0.25, -0.2) is 4.79 Å². The van der Waals surface area contributed by atoms with E-state index in [1.54, 1.807) is 14.1 Å². The second kappa shape index (κ2) is 7.96. The molecule has 0 aliphatic carbocycles. The summed E-state index contributed by atoms with van der Waals surface area (Å²) in [7, 11) is 3.49. The maximum absolute atomic E-state index is 11.7. The molecule has 0 unspecified atom stereocenters. The summed E-state index contributed by atoms with van der Waals surface area (Å²) in [5.74, 6) is 0.701. The smallest absolute Gasteiger partial charge is 0.317 e. The van der Waals surface area contributed by atoms with Crippen molar-refractivity contribution in [3.8, 4) is 0 Å². The third-order valence-electron chi connectivity index (χ3n) is 5.29. The van der Waals surface area contributed by atoms with E-state index in [0.717, 1.165) is 57.7 Å². The summed E-state index contributed by atoms with van der Waals surface area (Å²) in [6.45, 7) is 9.89. The van der Waals surface area contributed by atoms with Crippen LogP contribution < -0.4 is 5.32 Å². The van der Waals surface area contributed by atoms with Gasteiger partial charge in [0.15, 0.2) is 0 Å². The van der Waals surface area contributed by atoms with Crippen molar-refractivity contribution in [1.29, 1.82) is 0 Å². The highest BCUT2D eigenvalue weighted by molar-refractivity contribution is 5.73. The quantitative estimate of drug-likeness (QED) is 0.889. The topological polar surface area (TPSA) is 62.6 Å². The second-order valence-electron chi connectivity index (χ2n) is 8.46. The van der Waals surface area contributed by atoms with Gasteiger partial charge in [0.2, 0.25) is 0 Å². The Morgan fingerprint density at radius 2 is 2.23 bits per heavy atom. The van der Waals surface area contributed by atoms with Crippen molar-refractivity contribution in [3.05, 3.63) is 17.5 Å². The maximum Gasteiger partial charge on any atom is 0.317 e. The number of hydrogen-bond acceptors (Lipinski definition) is 4. The summed E-state index contributed by atoms with van der Waals surface area (Å²) in [6.07, 6.45) is 3.40.